The summed E-state index contributed by atoms with van der Waals surface area (Å²) >= 11 is 0. The molecule has 0 fully saturated rings. The first-order chi connectivity index (χ1) is 13.8. The number of carbonyl (C=O) groups is 4. The van der Waals surface area contributed by atoms with Gasteiger partial charge in [0.1, 0.15) is 24.7 Å². The molecule has 0 aliphatic heterocycles. The third kappa shape index (κ3) is 6.34. The average molecular weight is 406 g/mol. The van der Waals surface area contributed by atoms with E-state index in [0.29, 0.717) is 5.76 Å². The third-order valence-corrected chi connectivity index (χ3v) is 3.70. The van der Waals surface area contributed by atoms with Crippen LogP contribution in [0.25, 0.3) is 0 Å². The monoisotopic (exact) mass is 406 g/mol. The van der Waals surface area contributed by atoms with Crippen molar-refractivity contribution in [1.82, 2.24) is 0 Å². The Balaban J connectivity index is 2.18. The molecule has 9 heteroatoms. The van der Waals surface area contributed by atoms with Crippen molar-refractivity contribution in [3.8, 4) is 0 Å². The molecule has 0 aromatic carbocycles. The van der Waals surface area contributed by atoms with Gasteiger partial charge < -0.3 is 23.0 Å². The van der Waals surface area contributed by atoms with Gasteiger partial charge in [-0.1, -0.05) is 13.8 Å². The van der Waals surface area contributed by atoms with E-state index in [4.69, 9.17) is 23.0 Å². The lowest BCUT2D eigenvalue weighted by Gasteiger charge is -2.13. The number of hydrogen-bond acceptors (Lipinski definition) is 9. The van der Waals surface area contributed by atoms with Crippen LogP contribution in [0.4, 0.5) is 0 Å². The Morgan fingerprint density at radius 1 is 0.862 bits per heavy atom. The van der Waals surface area contributed by atoms with Crippen molar-refractivity contribution in [2.75, 3.05) is 0 Å². The second-order valence-electron chi connectivity index (χ2n) is 5.95. The molecule has 0 radical (unpaired) electrons. The number of hydrogen-bond donors (Lipinski definition) is 0. The lowest BCUT2D eigenvalue weighted by atomic mass is 10.1. The largest absolute Gasteiger partial charge is 0.458 e. The number of ether oxygens (including phenoxy) is 3. The summed E-state index contributed by atoms with van der Waals surface area (Å²) in [6.45, 7) is 4.26. The highest BCUT2D eigenvalue weighted by molar-refractivity contribution is 5.98. The van der Waals surface area contributed by atoms with Gasteiger partial charge in [-0.15, -0.1) is 0 Å². The highest BCUT2D eigenvalue weighted by atomic mass is 16.6. The Labute approximate surface area is 166 Å². The summed E-state index contributed by atoms with van der Waals surface area (Å²) in [5.41, 5.74) is 0. The lowest BCUT2D eigenvalue weighted by molar-refractivity contribution is -0.148. The Morgan fingerprint density at radius 2 is 1.48 bits per heavy atom. The molecule has 1 unspecified atom stereocenters. The average Bonchev–Trinajstić information content (AvgIpc) is 3.37. The topological polar surface area (TPSA) is 122 Å². The molecule has 29 heavy (non-hydrogen) atoms. The smallest absolute Gasteiger partial charge is 0.306 e. The van der Waals surface area contributed by atoms with Crippen molar-refractivity contribution in [3.05, 3.63) is 47.3 Å². The maximum Gasteiger partial charge on any atom is 0.306 e. The minimum atomic E-state index is -1.37. The quantitative estimate of drug-likeness (QED) is 0.332. The predicted molar refractivity (Wildman–Crippen MR) is 96.4 cm³/mol. The van der Waals surface area contributed by atoms with Gasteiger partial charge in [-0.25, -0.2) is 0 Å². The number of esters is 3. The van der Waals surface area contributed by atoms with Crippen LogP contribution >= 0.6 is 0 Å². The van der Waals surface area contributed by atoms with Crippen LogP contribution in [0.2, 0.25) is 0 Å². The van der Waals surface area contributed by atoms with Crippen LogP contribution in [0, 0.1) is 0 Å². The first-order valence-electron chi connectivity index (χ1n) is 9.04. The molecule has 156 valence electrons. The highest BCUT2D eigenvalue weighted by Crippen LogP contribution is 2.26. The van der Waals surface area contributed by atoms with E-state index in [1.807, 2.05) is 0 Å². The molecule has 0 aliphatic rings. The van der Waals surface area contributed by atoms with Gasteiger partial charge in [0, 0.05) is 19.8 Å². The normalized spacial score (nSPS) is 11.6. The molecule has 9 nitrogen and oxygen atoms in total. The Morgan fingerprint density at radius 3 is 2.14 bits per heavy atom. The summed E-state index contributed by atoms with van der Waals surface area (Å²) in [4.78, 5) is 46.8. The Bertz CT molecular complexity index is 874. The van der Waals surface area contributed by atoms with E-state index in [-0.39, 0.29) is 43.3 Å². The zero-order chi connectivity index (χ0) is 21.4. The fourth-order valence-electron chi connectivity index (χ4n) is 2.21. The van der Waals surface area contributed by atoms with E-state index in [0.717, 1.165) is 0 Å². The summed E-state index contributed by atoms with van der Waals surface area (Å²) in [6.07, 6.45) is -1.09. The number of ketones is 1. The summed E-state index contributed by atoms with van der Waals surface area (Å²) in [6, 6.07) is 5.85. The van der Waals surface area contributed by atoms with Gasteiger partial charge in [-0.2, -0.15) is 0 Å². The maximum absolute atomic E-state index is 12.8. The first-order valence-corrected chi connectivity index (χ1v) is 9.04. The van der Waals surface area contributed by atoms with Gasteiger partial charge >= 0.3 is 17.9 Å². The van der Waals surface area contributed by atoms with Gasteiger partial charge in [0.2, 0.25) is 11.9 Å². The Hall–Kier alpha value is -3.36. The molecule has 0 aliphatic carbocycles. The summed E-state index contributed by atoms with van der Waals surface area (Å²) in [5.74, 6) is -1.61. The molecule has 0 saturated heterocycles. The van der Waals surface area contributed by atoms with E-state index in [1.54, 1.807) is 13.8 Å². The van der Waals surface area contributed by atoms with Crippen LogP contribution in [0.3, 0.4) is 0 Å². The fraction of sp³-hybridized carbons (Fsp3) is 0.400. The summed E-state index contributed by atoms with van der Waals surface area (Å²) in [7, 11) is 0. The van der Waals surface area contributed by atoms with E-state index < -0.39 is 29.8 Å². The summed E-state index contributed by atoms with van der Waals surface area (Å²) in [5, 5.41) is 0. The molecule has 0 N–H and O–H groups in total. The molecule has 2 rings (SSSR count). The van der Waals surface area contributed by atoms with Crippen LogP contribution in [0.5, 0.6) is 0 Å². The number of carbonyl (C=O) groups excluding carboxylic acids is 4. The van der Waals surface area contributed by atoms with Crippen LogP contribution < -0.4 is 0 Å². The van der Waals surface area contributed by atoms with Crippen molar-refractivity contribution < 1.29 is 42.2 Å². The zero-order valence-corrected chi connectivity index (χ0v) is 16.4. The van der Waals surface area contributed by atoms with Crippen molar-refractivity contribution in [1.29, 1.82) is 0 Å². The van der Waals surface area contributed by atoms with Crippen molar-refractivity contribution in [2.24, 2.45) is 0 Å². The summed E-state index contributed by atoms with van der Waals surface area (Å²) < 4.78 is 25.9. The predicted octanol–water partition coefficient (Wildman–Crippen LogP) is 3.27. The van der Waals surface area contributed by atoms with Crippen LogP contribution in [0.15, 0.2) is 33.1 Å². The molecular formula is C20H22O9. The molecule has 2 aromatic rings. The maximum atomic E-state index is 12.8. The lowest BCUT2D eigenvalue weighted by Crippen LogP contribution is -2.19. The SMILES string of the molecule is CCC(=O)OCc1ccc(C(OC(=O)CC)C(=O)c2ccc(COC(C)=O)o2)o1. The Kier molecular flexibility index (Phi) is 7.76. The third-order valence-electron chi connectivity index (χ3n) is 3.70. The van der Waals surface area contributed by atoms with E-state index in [1.165, 1.54) is 31.2 Å². The van der Waals surface area contributed by atoms with Gasteiger partial charge in [0.15, 0.2) is 11.5 Å². The number of rotatable bonds is 10. The van der Waals surface area contributed by atoms with Crippen LogP contribution in [0.1, 0.15) is 67.6 Å². The molecule has 0 saturated carbocycles. The van der Waals surface area contributed by atoms with Gasteiger partial charge in [0.05, 0.1) is 0 Å². The molecule has 1 atom stereocenters. The second kappa shape index (κ2) is 10.3. The zero-order valence-electron chi connectivity index (χ0n) is 16.4. The van der Waals surface area contributed by atoms with Crippen molar-refractivity contribution in [3.63, 3.8) is 0 Å². The standard InChI is InChI=1S/C20H22O9/c1-4-17(22)26-11-14-7-9-16(28-14)20(29-18(23)5-2)19(24)15-8-6-13(27-15)10-25-12(3)21/h6-9,20H,4-5,10-11H2,1-3H3. The van der Waals surface area contributed by atoms with Gasteiger partial charge in [-0.05, 0) is 24.3 Å². The fourth-order valence-corrected chi connectivity index (χ4v) is 2.21. The van der Waals surface area contributed by atoms with E-state index in [9.17, 15) is 19.2 Å². The minimum absolute atomic E-state index is 0.0569. The van der Waals surface area contributed by atoms with Crippen molar-refractivity contribution >= 4 is 23.7 Å². The second-order valence-corrected chi connectivity index (χ2v) is 5.95. The molecular weight excluding hydrogens is 384 g/mol. The molecule has 2 heterocycles. The minimum Gasteiger partial charge on any atom is -0.458 e. The molecule has 2 aromatic heterocycles. The molecule has 0 spiro atoms. The van der Waals surface area contributed by atoms with Gasteiger partial charge in [-0.3, -0.25) is 19.2 Å². The van der Waals surface area contributed by atoms with Gasteiger partial charge in [0.25, 0.3) is 0 Å². The number of Topliss-reactive ketones (excluding diaryl/α,β-unsaturated/α-hetero) is 1. The molecule has 0 bridgehead atoms. The van der Waals surface area contributed by atoms with E-state index >= 15 is 0 Å². The number of furan rings is 2. The van der Waals surface area contributed by atoms with Crippen molar-refractivity contribution in [2.45, 2.75) is 52.9 Å². The molecule has 0 amide bonds. The van der Waals surface area contributed by atoms with Crippen LogP contribution in [-0.2, 0) is 41.8 Å². The highest BCUT2D eigenvalue weighted by Gasteiger charge is 2.31. The first kappa shape index (κ1) is 21.9. The van der Waals surface area contributed by atoms with Crippen LogP contribution in [-0.4, -0.2) is 23.7 Å². The van der Waals surface area contributed by atoms with E-state index in [2.05, 4.69) is 0 Å².